The Morgan fingerprint density at radius 1 is 1.44 bits per heavy atom. The second-order valence-corrected chi connectivity index (χ2v) is 5.87. The molecule has 0 radical (unpaired) electrons. The highest BCUT2D eigenvalue weighted by Gasteiger charge is 2.32. The monoisotopic (exact) mass is 256 g/mol. The molecule has 1 rings (SSSR count). The first-order valence-electron chi connectivity index (χ1n) is 6.61. The molecule has 5 heteroatoms. The first-order valence-corrected chi connectivity index (χ1v) is 6.61. The van der Waals surface area contributed by atoms with E-state index in [1.54, 1.807) is 0 Å². The van der Waals surface area contributed by atoms with Gasteiger partial charge in [-0.15, -0.1) is 0 Å². The van der Waals surface area contributed by atoms with Crippen molar-refractivity contribution in [2.24, 2.45) is 5.41 Å². The second-order valence-electron chi connectivity index (χ2n) is 5.87. The van der Waals surface area contributed by atoms with E-state index < -0.39 is 5.97 Å². The number of hydrogen-bond donors (Lipinski definition) is 2. The van der Waals surface area contributed by atoms with Gasteiger partial charge in [-0.1, -0.05) is 20.8 Å². The van der Waals surface area contributed by atoms with Gasteiger partial charge in [-0.05, 0) is 31.1 Å². The number of urea groups is 1. The minimum absolute atomic E-state index is 0.181. The molecule has 0 aromatic rings. The number of nitrogens with zero attached hydrogens (tertiary/aromatic N) is 1. The number of amides is 2. The molecule has 1 fully saturated rings. The van der Waals surface area contributed by atoms with Crippen LogP contribution in [-0.2, 0) is 4.79 Å². The number of rotatable bonds is 5. The zero-order chi connectivity index (χ0) is 13.8. The van der Waals surface area contributed by atoms with E-state index in [1.807, 2.05) is 6.92 Å². The lowest BCUT2D eigenvalue weighted by atomic mass is 9.92. The van der Waals surface area contributed by atoms with Gasteiger partial charge in [0.05, 0.1) is 0 Å². The molecule has 0 aromatic heterocycles. The van der Waals surface area contributed by atoms with Crippen LogP contribution in [-0.4, -0.2) is 41.1 Å². The molecule has 1 aliphatic carbocycles. The van der Waals surface area contributed by atoms with Gasteiger partial charge in [-0.25, -0.2) is 4.79 Å². The Labute approximate surface area is 109 Å². The quantitative estimate of drug-likeness (QED) is 0.791. The van der Waals surface area contributed by atoms with Crippen LogP contribution in [0.15, 0.2) is 0 Å². The van der Waals surface area contributed by atoms with Crippen molar-refractivity contribution < 1.29 is 14.7 Å². The molecular formula is C13H24N2O3. The van der Waals surface area contributed by atoms with Crippen molar-refractivity contribution in [3.63, 3.8) is 0 Å². The van der Waals surface area contributed by atoms with Crippen LogP contribution >= 0.6 is 0 Å². The van der Waals surface area contributed by atoms with Crippen LogP contribution in [0.2, 0.25) is 0 Å². The van der Waals surface area contributed by atoms with Gasteiger partial charge in [-0.3, -0.25) is 4.79 Å². The van der Waals surface area contributed by atoms with Crippen molar-refractivity contribution in [1.29, 1.82) is 0 Å². The zero-order valence-corrected chi connectivity index (χ0v) is 11.5. The van der Waals surface area contributed by atoms with E-state index in [-0.39, 0.29) is 24.0 Å². The number of aliphatic carboxylic acids is 1. The van der Waals surface area contributed by atoms with Gasteiger partial charge in [0.15, 0.2) is 0 Å². The van der Waals surface area contributed by atoms with Gasteiger partial charge in [-0.2, -0.15) is 0 Å². The number of nitrogens with one attached hydrogen (secondary N) is 1. The standard InChI is InChI=1S/C13H24N2O3/c1-4-7-15(9-11(16)17)12(18)14-10-5-6-13(2,3)8-10/h10H,4-9H2,1-3H3,(H,14,18)(H,16,17). The summed E-state index contributed by atoms with van der Waals surface area (Å²) in [5.74, 6) is -0.967. The van der Waals surface area contributed by atoms with E-state index in [0.717, 1.165) is 25.7 Å². The Morgan fingerprint density at radius 3 is 2.56 bits per heavy atom. The predicted molar refractivity (Wildman–Crippen MR) is 69.5 cm³/mol. The molecule has 2 amide bonds. The van der Waals surface area contributed by atoms with E-state index in [9.17, 15) is 9.59 Å². The fraction of sp³-hybridized carbons (Fsp3) is 0.846. The number of carbonyl (C=O) groups excluding carboxylic acids is 1. The molecule has 0 aromatic carbocycles. The molecule has 2 N–H and O–H groups in total. The molecule has 18 heavy (non-hydrogen) atoms. The van der Waals surface area contributed by atoms with Gasteiger partial charge in [0.2, 0.25) is 0 Å². The Kier molecular flexibility index (Phi) is 4.99. The number of hydrogen-bond acceptors (Lipinski definition) is 2. The van der Waals surface area contributed by atoms with Crippen LogP contribution in [0.25, 0.3) is 0 Å². The molecule has 5 nitrogen and oxygen atoms in total. The first kappa shape index (κ1) is 14.8. The Bertz CT molecular complexity index is 315. The van der Waals surface area contributed by atoms with Gasteiger partial charge in [0, 0.05) is 12.6 Å². The number of carboxylic acid groups (broad SMARTS) is 1. The van der Waals surface area contributed by atoms with Crippen LogP contribution < -0.4 is 5.32 Å². The number of carboxylic acids is 1. The largest absolute Gasteiger partial charge is 0.480 e. The summed E-state index contributed by atoms with van der Waals surface area (Å²) in [6.45, 7) is 6.57. The summed E-state index contributed by atoms with van der Waals surface area (Å²) in [5.41, 5.74) is 0.278. The SMILES string of the molecule is CCCN(CC(=O)O)C(=O)NC1CCC(C)(C)C1. The topological polar surface area (TPSA) is 69.6 Å². The van der Waals surface area contributed by atoms with Crippen molar-refractivity contribution in [3.8, 4) is 0 Å². The van der Waals surface area contributed by atoms with Crippen molar-refractivity contribution in [2.75, 3.05) is 13.1 Å². The molecular weight excluding hydrogens is 232 g/mol. The van der Waals surface area contributed by atoms with E-state index in [4.69, 9.17) is 5.11 Å². The summed E-state index contributed by atoms with van der Waals surface area (Å²) in [7, 11) is 0. The molecule has 0 bridgehead atoms. The summed E-state index contributed by atoms with van der Waals surface area (Å²) < 4.78 is 0. The minimum atomic E-state index is -0.967. The molecule has 104 valence electrons. The molecule has 0 spiro atoms. The Balaban J connectivity index is 2.49. The van der Waals surface area contributed by atoms with Crippen LogP contribution in [0.4, 0.5) is 4.79 Å². The van der Waals surface area contributed by atoms with Crippen molar-refractivity contribution >= 4 is 12.0 Å². The molecule has 1 saturated carbocycles. The van der Waals surface area contributed by atoms with Gasteiger partial charge in [0.1, 0.15) is 6.54 Å². The zero-order valence-electron chi connectivity index (χ0n) is 11.5. The summed E-state index contributed by atoms with van der Waals surface area (Å²) >= 11 is 0. The maximum atomic E-state index is 12.0. The lowest BCUT2D eigenvalue weighted by Crippen LogP contribution is -2.46. The summed E-state index contributed by atoms with van der Waals surface area (Å²) in [5, 5.41) is 11.7. The lowest BCUT2D eigenvalue weighted by Gasteiger charge is -2.24. The lowest BCUT2D eigenvalue weighted by molar-refractivity contribution is -0.137. The maximum Gasteiger partial charge on any atom is 0.323 e. The van der Waals surface area contributed by atoms with Gasteiger partial charge >= 0.3 is 12.0 Å². The van der Waals surface area contributed by atoms with Crippen LogP contribution in [0.5, 0.6) is 0 Å². The third-order valence-electron chi connectivity index (χ3n) is 3.40. The summed E-state index contributed by atoms with van der Waals surface area (Å²) in [6.07, 6.45) is 3.80. The van der Waals surface area contributed by atoms with E-state index >= 15 is 0 Å². The van der Waals surface area contributed by atoms with Crippen LogP contribution in [0, 0.1) is 5.41 Å². The average molecular weight is 256 g/mol. The highest BCUT2D eigenvalue weighted by Crippen LogP contribution is 2.36. The maximum absolute atomic E-state index is 12.0. The van der Waals surface area contributed by atoms with E-state index in [1.165, 1.54) is 4.90 Å². The fourth-order valence-corrected chi connectivity index (χ4v) is 2.51. The number of carbonyl (C=O) groups is 2. The molecule has 1 atom stereocenters. The highest BCUT2D eigenvalue weighted by molar-refractivity contribution is 5.80. The second kappa shape index (κ2) is 6.07. The molecule has 0 aliphatic heterocycles. The third-order valence-corrected chi connectivity index (χ3v) is 3.40. The Morgan fingerprint density at radius 2 is 2.11 bits per heavy atom. The molecule has 1 unspecified atom stereocenters. The first-order chi connectivity index (χ1) is 8.34. The van der Waals surface area contributed by atoms with E-state index in [2.05, 4.69) is 19.2 Å². The average Bonchev–Trinajstić information content (AvgIpc) is 2.56. The third kappa shape index (κ3) is 4.55. The highest BCUT2D eigenvalue weighted by atomic mass is 16.4. The normalized spacial score (nSPS) is 21.6. The summed E-state index contributed by atoms with van der Waals surface area (Å²) in [4.78, 5) is 24.1. The molecule has 0 saturated heterocycles. The molecule has 1 aliphatic rings. The smallest absolute Gasteiger partial charge is 0.323 e. The predicted octanol–water partition coefficient (Wildman–Crippen LogP) is 2.07. The summed E-state index contributed by atoms with van der Waals surface area (Å²) in [6, 6.07) is -0.0670. The molecule has 0 heterocycles. The van der Waals surface area contributed by atoms with Crippen LogP contribution in [0.3, 0.4) is 0 Å². The van der Waals surface area contributed by atoms with E-state index in [0.29, 0.717) is 6.54 Å². The minimum Gasteiger partial charge on any atom is -0.480 e. The van der Waals surface area contributed by atoms with Crippen molar-refractivity contribution in [2.45, 2.75) is 52.5 Å². The Hall–Kier alpha value is -1.26. The fourth-order valence-electron chi connectivity index (χ4n) is 2.51. The van der Waals surface area contributed by atoms with Crippen LogP contribution in [0.1, 0.15) is 46.5 Å². The van der Waals surface area contributed by atoms with Gasteiger partial charge < -0.3 is 15.3 Å². The van der Waals surface area contributed by atoms with Crippen molar-refractivity contribution in [3.05, 3.63) is 0 Å². The van der Waals surface area contributed by atoms with Gasteiger partial charge in [0.25, 0.3) is 0 Å². The van der Waals surface area contributed by atoms with Crippen molar-refractivity contribution in [1.82, 2.24) is 10.2 Å².